The first-order valence-electron chi connectivity index (χ1n) is 7.34. The minimum Gasteiger partial charge on any atom is -0.476 e. The van der Waals surface area contributed by atoms with Crippen LogP contribution < -0.4 is 15.8 Å². The Morgan fingerprint density at radius 2 is 2.11 bits per heavy atom. The van der Waals surface area contributed by atoms with Gasteiger partial charge in [-0.1, -0.05) is 33.1 Å². The molecule has 3 N–H and O–H groups in total. The van der Waals surface area contributed by atoms with Gasteiger partial charge in [0.25, 0.3) is 0 Å². The van der Waals surface area contributed by atoms with Gasteiger partial charge in [-0.2, -0.15) is 4.98 Å². The number of hydrogen-bond acceptors (Lipinski definition) is 4. The third kappa shape index (κ3) is 5.37. The highest BCUT2D eigenvalue weighted by molar-refractivity contribution is 5.53. The van der Waals surface area contributed by atoms with Gasteiger partial charge in [0.1, 0.15) is 5.82 Å². The number of hydrogen-bond donors (Lipinski definition) is 2. The lowest BCUT2D eigenvalue weighted by Gasteiger charge is -2.16. The van der Waals surface area contributed by atoms with Gasteiger partial charge in [-0.25, -0.2) is 0 Å². The maximum absolute atomic E-state index is 5.81. The Morgan fingerprint density at radius 1 is 1.32 bits per heavy atom. The molecule has 0 spiro atoms. The third-order valence-electron chi connectivity index (χ3n) is 3.29. The number of pyridine rings is 1. The molecule has 0 saturated carbocycles. The monoisotopic (exact) mass is 265 g/mol. The fourth-order valence-electron chi connectivity index (χ4n) is 1.99. The largest absolute Gasteiger partial charge is 0.476 e. The van der Waals surface area contributed by atoms with Crippen LogP contribution in [0.5, 0.6) is 5.88 Å². The van der Waals surface area contributed by atoms with E-state index in [4.69, 9.17) is 10.5 Å². The molecule has 4 nitrogen and oxygen atoms in total. The van der Waals surface area contributed by atoms with Crippen molar-refractivity contribution in [1.82, 2.24) is 4.98 Å². The number of nitrogens with one attached hydrogen (secondary N) is 1. The minimum absolute atomic E-state index is 0.522. The van der Waals surface area contributed by atoms with Gasteiger partial charge >= 0.3 is 0 Å². The Labute approximate surface area is 116 Å². The van der Waals surface area contributed by atoms with Gasteiger partial charge in [-0.05, 0) is 31.4 Å². The van der Waals surface area contributed by atoms with Crippen LogP contribution in [0.2, 0.25) is 0 Å². The predicted octanol–water partition coefficient (Wildman–Crippen LogP) is 3.69. The molecule has 1 atom stereocenters. The first-order chi connectivity index (χ1) is 9.21. The van der Waals surface area contributed by atoms with Crippen LogP contribution in [-0.2, 0) is 0 Å². The normalized spacial score (nSPS) is 12.2. The second-order valence-corrected chi connectivity index (χ2v) is 4.82. The van der Waals surface area contributed by atoms with Crippen molar-refractivity contribution >= 4 is 11.5 Å². The van der Waals surface area contributed by atoms with Crippen molar-refractivity contribution in [3.05, 3.63) is 12.1 Å². The molecule has 0 radical (unpaired) electrons. The molecule has 0 aliphatic heterocycles. The SMILES string of the molecule is CCCCC(CC)CNc1ccc(N)c(OCC)n1. The van der Waals surface area contributed by atoms with E-state index in [0.717, 1.165) is 12.4 Å². The van der Waals surface area contributed by atoms with E-state index in [1.165, 1.54) is 25.7 Å². The lowest BCUT2D eigenvalue weighted by Crippen LogP contribution is -2.14. The predicted molar refractivity (Wildman–Crippen MR) is 81.6 cm³/mol. The zero-order chi connectivity index (χ0) is 14.1. The number of anilines is 2. The average molecular weight is 265 g/mol. The molecular formula is C15H27N3O. The number of nitrogens with zero attached hydrogens (tertiary/aromatic N) is 1. The highest BCUT2D eigenvalue weighted by Crippen LogP contribution is 2.21. The van der Waals surface area contributed by atoms with Crippen molar-refractivity contribution in [1.29, 1.82) is 0 Å². The molecule has 0 aliphatic carbocycles. The molecule has 0 aromatic carbocycles. The molecule has 4 heteroatoms. The first kappa shape index (κ1) is 15.6. The quantitative estimate of drug-likeness (QED) is 0.715. The van der Waals surface area contributed by atoms with Gasteiger partial charge in [-0.3, -0.25) is 0 Å². The molecule has 0 saturated heterocycles. The molecule has 108 valence electrons. The Balaban J connectivity index is 2.54. The van der Waals surface area contributed by atoms with Crippen molar-refractivity contribution in [2.24, 2.45) is 5.92 Å². The summed E-state index contributed by atoms with van der Waals surface area (Å²) in [6.07, 6.45) is 5.01. The second-order valence-electron chi connectivity index (χ2n) is 4.82. The van der Waals surface area contributed by atoms with E-state index in [9.17, 15) is 0 Å². The Morgan fingerprint density at radius 3 is 2.74 bits per heavy atom. The Kier molecular flexibility index (Phi) is 7.08. The molecule has 1 unspecified atom stereocenters. The lowest BCUT2D eigenvalue weighted by molar-refractivity contribution is 0.329. The number of nitrogen functional groups attached to an aromatic ring is 1. The van der Waals surface area contributed by atoms with Crippen LogP contribution in [-0.4, -0.2) is 18.1 Å². The molecule has 19 heavy (non-hydrogen) atoms. The number of unbranched alkanes of at least 4 members (excludes halogenated alkanes) is 1. The van der Waals surface area contributed by atoms with Gasteiger partial charge < -0.3 is 15.8 Å². The van der Waals surface area contributed by atoms with Crippen molar-refractivity contribution in [3.63, 3.8) is 0 Å². The molecule has 1 aromatic heterocycles. The van der Waals surface area contributed by atoms with Crippen molar-refractivity contribution in [3.8, 4) is 5.88 Å². The molecular weight excluding hydrogens is 238 g/mol. The maximum atomic E-state index is 5.81. The summed E-state index contributed by atoms with van der Waals surface area (Å²) < 4.78 is 5.40. The van der Waals surface area contributed by atoms with Crippen LogP contribution >= 0.6 is 0 Å². The summed E-state index contributed by atoms with van der Waals surface area (Å²) >= 11 is 0. The number of nitrogens with two attached hydrogens (primary N) is 1. The fraction of sp³-hybridized carbons (Fsp3) is 0.667. The summed E-state index contributed by atoms with van der Waals surface area (Å²) in [6.45, 7) is 7.94. The molecule has 0 amide bonds. The maximum Gasteiger partial charge on any atom is 0.239 e. The minimum atomic E-state index is 0.522. The van der Waals surface area contributed by atoms with E-state index < -0.39 is 0 Å². The smallest absolute Gasteiger partial charge is 0.239 e. The van der Waals surface area contributed by atoms with E-state index in [0.29, 0.717) is 24.1 Å². The van der Waals surface area contributed by atoms with Gasteiger partial charge in [-0.15, -0.1) is 0 Å². The summed E-state index contributed by atoms with van der Waals surface area (Å²) in [7, 11) is 0. The van der Waals surface area contributed by atoms with E-state index in [-0.39, 0.29) is 0 Å². The Hall–Kier alpha value is -1.45. The van der Waals surface area contributed by atoms with Crippen LogP contribution in [0.1, 0.15) is 46.5 Å². The van der Waals surface area contributed by atoms with Gasteiger partial charge in [0.05, 0.1) is 12.3 Å². The topological polar surface area (TPSA) is 60.2 Å². The number of rotatable bonds is 9. The van der Waals surface area contributed by atoms with E-state index in [1.807, 2.05) is 19.1 Å². The van der Waals surface area contributed by atoms with E-state index in [1.54, 1.807) is 0 Å². The summed E-state index contributed by atoms with van der Waals surface area (Å²) in [5, 5.41) is 3.38. The lowest BCUT2D eigenvalue weighted by atomic mass is 9.99. The van der Waals surface area contributed by atoms with Crippen LogP contribution in [0.15, 0.2) is 12.1 Å². The highest BCUT2D eigenvalue weighted by atomic mass is 16.5. The highest BCUT2D eigenvalue weighted by Gasteiger charge is 2.07. The molecule has 0 aliphatic rings. The van der Waals surface area contributed by atoms with Crippen LogP contribution in [0, 0.1) is 5.92 Å². The molecule has 1 aromatic rings. The zero-order valence-corrected chi connectivity index (χ0v) is 12.4. The second kappa shape index (κ2) is 8.62. The molecule has 0 bridgehead atoms. The van der Waals surface area contributed by atoms with Crippen LogP contribution in [0.25, 0.3) is 0 Å². The number of aromatic nitrogens is 1. The third-order valence-corrected chi connectivity index (χ3v) is 3.29. The molecule has 0 fully saturated rings. The Bertz CT molecular complexity index is 368. The average Bonchev–Trinajstić information content (AvgIpc) is 2.42. The zero-order valence-electron chi connectivity index (χ0n) is 12.4. The fourth-order valence-corrected chi connectivity index (χ4v) is 1.99. The van der Waals surface area contributed by atoms with Crippen molar-refractivity contribution < 1.29 is 4.74 Å². The van der Waals surface area contributed by atoms with Crippen LogP contribution in [0.4, 0.5) is 11.5 Å². The van der Waals surface area contributed by atoms with E-state index >= 15 is 0 Å². The summed E-state index contributed by atoms with van der Waals surface area (Å²) in [4.78, 5) is 4.39. The van der Waals surface area contributed by atoms with Gasteiger partial charge in [0, 0.05) is 6.54 Å². The summed E-state index contributed by atoms with van der Waals surface area (Å²) in [5.41, 5.74) is 6.40. The van der Waals surface area contributed by atoms with Crippen molar-refractivity contribution in [2.75, 3.05) is 24.2 Å². The van der Waals surface area contributed by atoms with Gasteiger partial charge in [0.15, 0.2) is 0 Å². The molecule has 1 heterocycles. The van der Waals surface area contributed by atoms with Gasteiger partial charge in [0.2, 0.25) is 5.88 Å². The van der Waals surface area contributed by atoms with Crippen LogP contribution in [0.3, 0.4) is 0 Å². The molecule has 1 rings (SSSR count). The summed E-state index contributed by atoms with van der Waals surface area (Å²) in [5.74, 6) is 2.07. The van der Waals surface area contributed by atoms with Crippen molar-refractivity contribution in [2.45, 2.75) is 46.5 Å². The number of ether oxygens (including phenoxy) is 1. The standard InChI is InChI=1S/C15H27N3O/c1-4-7-8-12(5-2)11-17-14-10-9-13(16)15(18-14)19-6-3/h9-10,12H,4-8,11,16H2,1-3H3,(H,17,18). The summed E-state index contributed by atoms with van der Waals surface area (Å²) in [6, 6.07) is 3.75. The van der Waals surface area contributed by atoms with E-state index in [2.05, 4.69) is 24.1 Å². The first-order valence-corrected chi connectivity index (χ1v) is 7.34.